The van der Waals surface area contributed by atoms with E-state index < -0.39 is 5.97 Å². The molecule has 0 aromatic carbocycles. The summed E-state index contributed by atoms with van der Waals surface area (Å²) < 4.78 is 5.75. The molecule has 8 atom stereocenters. The van der Waals surface area contributed by atoms with Gasteiger partial charge in [-0.3, -0.25) is 9.59 Å². The molecule has 5 nitrogen and oxygen atoms in total. The van der Waals surface area contributed by atoms with Gasteiger partial charge in [-0.15, -0.1) is 0 Å². The Bertz CT molecular complexity index is 680. The number of hydrogen-bond donors (Lipinski definition) is 1. The number of fused-ring (bicyclic) bond motifs is 5. The van der Waals surface area contributed by atoms with E-state index in [0.29, 0.717) is 11.3 Å². The molecule has 0 aromatic rings. The summed E-state index contributed by atoms with van der Waals surface area (Å²) in [5.41, 5.74) is 0.710. The largest absolute Gasteiger partial charge is 0.481 e. The molecule has 30 heavy (non-hydrogen) atoms. The lowest BCUT2D eigenvalue weighted by Crippen LogP contribution is -2.60. The van der Waals surface area contributed by atoms with Gasteiger partial charge in [0, 0.05) is 12.0 Å². The van der Waals surface area contributed by atoms with Gasteiger partial charge in [0.2, 0.25) is 0 Å². The van der Waals surface area contributed by atoms with Crippen LogP contribution >= 0.6 is 0 Å². The number of nitrogens with zero attached hydrogens (tertiary/aromatic N) is 1. The van der Waals surface area contributed by atoms with E-state index in [1.165, 1.54) is 51.5 Å². The van der Waals surface area contributed by atoms with E-state index in [2.05, 4.69) is 25.8 Å². The van der Waals surface area contributed by atoms with Crippen LogP contribution in [0.2, 0.25) is 0 Å². The Morgan fingerprint density at radius 1 is 1.03 bits per heavy atom. The van der Waals surface area contributed by atoms with E-state index >= 15 is 0 Å². The molecule has 3 saturated carbocycles. The van der Waals surface area contributed by atoms with Gasteiger partial charge in [-0.2, -0.15) is 0 Å². The highest BCUT2D eigenvalue weighted by Gasteiger charge is 2.61. The molecule has 4 fully saturated rings. The smallest absolute Gasteiger partial charge is 0.306 e. The van der Waals surface area contributed by atoms with Crippen LogP contribution in [0.3, 0.4) is 0 Å². The summed E-state index contributed by atoms with van der Waals surface area (Å²) in [4.78, 5) is 25.5. The minimum Gasteiger partial charge on any atom is -0.481 e. The summed E-state index contributed by atoms with van der Waals surface area (Å²) in [6.07, 6.45) is 10.1. The zero-order valence-electron chi connectivity index (χ0n) is 19.4. The van der Waals surface area contributed by atoms with Crippen molar-refractivity contribution in [3.63, 3.8) is 0 Å². The first-order valence-electron chi connectivity index (χ1n) is 12.3. The number of carbonyl (C=O) groups is 2. The van der Waals surface area contributed by atoms with Crippen LogP contribution in [0.4, 0.5) is 0 Å². The van der Waals surface area contributed by atoms with Crippen molar-refractivity contribution in [2.45, 2.75) is 97.1 Å². The molecule has 5 heteroatoms. The molecule has 170 valence electrons. The molecule has 1 saturated heterocycles. The second-order valence-electron chi connectivity index (χ2n) is 11.4. The molecule has 0 spiro atoms. The molecule has 4 aliphatic rings. The molecule has 1 aliphatic heterocycles. The molecule has 0 aromatic heterocycles. The number of likely N-dealkylation sites (tertiary alicyclic amines) is 1. The average molecular weight is 420 g/mol. The Labute approximate surface area is 181 Å². The second kappa shape index (κ2) is 8.11. The molecule has 0 amide bonds. The van der Waals surface area contributed by atoms with Gasteiger partial charge < -0.3 is 14.7 Å². The summed E-state index contributed by atoms with van der Waals surface area (Å²) in [7, 11) is 2.33. The van der Waals surface area contributed by atoms with Crippen molar-refractivity contribution in [2.75, 3.05) is 13.6 Å². The lowest BCUT2D eigenvalue weighted by Gasteiger charge is -2.62. The standard InChI is InChI=1S/C25H41NO4/c1-16(30-23(29)11-10-22(27)28)18-7-8-19-17-6-9-21-25(3,13-5-15-26(21)4)20(17)12-14-24(18,19)2/h16-21H,5-15H2,1-4H3,(H,27,28)/t16?,17-,18+,19-,20-,21?,24+,25+/m0/s1. The summed E-state index contributed by atoms with van der Waals surface area (Å²) in [5.74, 6) is 1.50. The molecule has 1 N–H and O–H groups in total. The first kappa shape index (κ1) is 22.1. The fourth-order valence-corrected chi connectivity index (χ4v) is 8.75. The van der Waals surface area contributed by atoms with Crippen molar-refractivity contribution in [3.05, 3.63) is 0 Å². The van der Waals surface area contributed by atoms with Crippen LogP contribution in [-0.2, 0) is 14.3 Å². The van der Waals surface area contributed by atoms with Crippen LogP contribution in [0, 0.1) is 34.5 Å². The van der Waals surface area contributed by atoms with E-state index in [0.717, 1.165) is 30.2 Å². The van der Waals surface area contributed by atoms with Crippen molar-refractivity contribution in [1.82, 2.24) is 4.90 Å². The summed E-state index contributed by atoms with van der Waals surface area (Å²) in [6.45, 7) is 8.35. The number of ether oxygens (including phenoxy) is 1. The highest BCUT2D eigenvalue weighted by molar-refractivity contribution is 5.76. The summed E-state index contributed by atoms with van der Waals surface area (Å²) in [5, 5.41) is 8.82. The van der Waals surface area contributed by atoms with Gasteiger partial charge in [-0.05, 0) is 100 Å². The van der Waals surface area contributed by atoms with Gasteiger partial charge in [0.05, 0.1) is 12.8 Å². The maximum atomic E-state index is 12.1. The number of rotatable bonds is 5. The van der Waals surface area contributed by atoms with Crippen LogP contribution in [0.1, 0.15) is 85.0 Å². The van der Waals surface area contributed by atoms with Crippen molar-refractivity contribution >= 4 is 11.9 Å². The van der Waals surface area contributed by atoms with E-state index in [9.17, 15) is 9.59 Å². The molecule has 1 heterocycles. The highest BCUT2D eigenvalue weighted by atomic mass is 16.5. The number of carbonyl (C=O) groups excluding carboxylic acids is 1. The Morgan fingerprint density at radius 2 is 1.77 bits per heavy atom. The first-order valence-corrected chi connectivity index (χ1v) is 12.3. The monoisotopic (exact) mass is 419 g/mol. The quantitative estimate of drug-likeness (QED) is 0.652. The third kappa shape index (κ3) is 3.59. The molecule has 3 aliphatic carbocycles. The molecular formula is C25H41NO4. The van der Waals surface area contributed by atoms with E-state index in [4.69, 9.17) is 9.84 Å². The van der Waals surface area contributed by atoms with Crippen LogP contribution in [0.25, 0.3) is 0 Å². The molecule has 4 rings (SSSR count). The van der Waals surface area contributed by atoms with Gasteiger partial charge in [-0.25, -0.2) is 0 Å². The summed E-state index contributed by atoms with van der Waals surface area (Å²) >= 11 is 0. The van der Waals surface area contributed by atoms with Crippen molar-refractivity contribution in [3.8, 4) is 0 Å². The van der Waals surface area contributed by atoms with Gasteiger partial charge >= 0.3 is 11.9 Å². The Balaban J connectivity index is 1.46. The molecular weight excluding hydrogens is 378 g/mol. The molecule has 2 unspecified atom stereocenters. The number of hydrogen-bond acceptors (Lipinski definition) is 4. The lowest BCUT2D eigenvalue weighted by molar-refractivity contribution is -0.159. The topological polar surface area (TPSA) is 66.8 Å². The van der Waals surface area contributed by atoms with Crippen molar-refractivity contribution in [1.29, 1.82) is 0 Å². The van der Waals surface area contributed by atoms with Gasteiger partial charge in [0.1, 0.15) is 6.10 Å². The predicted octanol–water partition coefficient (Wildman–Crippen LogP) is 4.74. The number of carboxylic acids is 1. The lowest BCUT2D eigenvalue weighted by atomic mass is 9.46. The van der Waals surface area contributed by atoms with Crippen LogP contribution in [0.5, 0.6) is 0 Å². The Kier molecular flexibility index (Phi) is 5.97. The van der Waals surface area contributed by atoms with Crippen molar-refractivity contribution < 1.29 is 19.4 Å². The Hall–Kier alpha value is -1.10. The van der Waals surface area contributed by atoms with Gasteiger partial charge in [0.15, 0.2) is 0 Å². The third-order valence-corrected chi connectivity index (χ3v) is 10.1. The Morgan fingerprint density at radius 3 is 2.50 bits per heavy atom. The minimum atomic E-state index is -0.941. The van der Waals surface area contributed by atoms with Gasteiger partial charge in [-0.1, -0.05) is 13.8 Å². The van der Waals surface area contributed by atoms with Crippen LogP contribution in [-0.4, -0.2) is 47.7 Å². The second-order valence-corrected chi connectivity index (χ2v) is 11.4. The zero-order chi connectivity index (χ0) is 21.7. The van der Waals surface area contributed by atoms with E-state index in [1.807, 2.05) is 6.92 Å². The first-order chi connectivity index (χ1) is 14.2. The SMILES string of the molecule is CC(OC(=O)CCC(=O)O)[C@H]1CC[C@H]2[C@@H]3CCC4N(C)CCC[C@]4(C)[C@H]3CC[C@]12C. The van der Waals surface area contributed by atoms with Gasteiger partial charge in [0.25, 0.3) is 0 Å². The fourth-order valence-electron chi connectivity index (χ4n) is 8.75. The molecule has 0 radical (unpaired) electrons. The predicted molar refractivity (Wildman–Crippen MR) is 116 cm³/mol. The highest BCUT2D eigenvalue weighted by Crippen LogP contribution is 2.66. The fraction of sp³-hybridized carbons (Fsp3) is 0.920. The maximum absolute atomic E-state index is 12.1. The minimum absolute atomic E-state index is 0.0233. The van der Waals surface area contributed by atoms with E-state index in [1.54, 1.807) is 0 Å². The van der Waals surface area contributed by atoms with E-state index in [-0.39, 0.29) is 30.3 Å². The number of carboxylic acid groups (broad SMARTS) is 1. The number of piperidine rings is 1. The maximum Gasteiger partial charge on any atom is 0.306 e. The van der Waals surface area contributed by atoms with Crippen LogP contribution in [0.15, 0.2) is 0 Å². The normalized spacial score (nSPS) is 44.5. The van der Waals surface area contributed by atoms with Crippen LogP contribution < -0.4 is 0 Å². The number of aliphatic carboxylic acids is 1. The third-order valence-electron chi connectivity index (χ3n) is 10.1. The average Bonchev–Trinajstić information content (AvgIpc) is 3.03. The van der Waals surface area contributed by atoms with Crippen molar-refractivity contribution in [2.24, 2.45) is 34.5 Å². The summed E-state index contributed by atoms with van der Waals surface area (Å²) in [6, 6.07) is 0.753. The number of esters is 1. The molecule has 0 bridgehead atoms. The zero-order valence-corrected chi connectivity index (χ0v) is 19.4.